The molecule has 0 radical (unpaired) electrons. The molecule has 1 heterocycles. The molecule has 2 rings (SSSR count). The predicted octanol–water partition coefficient (Wildman–Crippen LogP) is 0.488. The summed E-state index contributed by atoms with van der Waals surface area (Å²) in [5.74, 6) is -0.429. The van der Waals surface area contributed by atoms with Crippen LogP contribution in [0.15, 0.2) is 0 Å². The zero-order valence-corrected chi connectivity index (χ0v) is 11.0. The van der Waals surface area contributed by atoms with E-state index in [2.05, 4.69) is 0 Å². The zero-order valence-electron chi connectivity index (χ0n) is 10.2. The zero-order chi connectivity index (χ0) is 12.8. The van der Waals surface area contributed by atoms with Gasteiger partial charge in [-0.15, -0.1) is 0 Å². The Hall–Kier alpha value is -0.620. The lowest BCUT2D eigenvalue weighted by Crippen LogP contribution is -2.71. The Kier molecular flexibility index (Phi) is 2.98. The van der Waals surface area contributed by atoms with E-state index in [-0.39, 0.29) is 24.5 Å². The van der Waals surface area contributed by atoms with E-state index in [1.807, 2.05) is 0 Å². The molecule has 0 spiro atoms. The number of aliphatic hydroxyl groups excluding tert-OH is 1. The van der Waals surface area contributed by atoms with E-state index < -0.39 is 14.8 Å². The van der Waals surface area contributed by atoms with Crippen LogP contribution in [-0.2, 0) is 14.8 Å². The third-order valence-corrected chi connectivity index (χ3v) is 6.44. The van der Waals surface area contributed by atoms with Gasteiger partial charge in [0, 0.05) is 12.5 Å². The van der Waals surface area contributed by atoms with Crippen LogP contribution in [0.5, 0.6) is 0 Å². The highest BCUT2D eigenvalue weighted by atomic mass is 32.2. The molecule has 0 bridgehead atoms. The van der Waals surface area contributed by atoms with Gasteiger partial charge in [0.15, 0.2) is 4.75 Å². The highest BCUT2D eigenvalue weighted by molar-refractivity contribution is 7.94. The minimum atomic E-state index is -3.52. The van der Waals surface area contributed by atoms with E-state index in [1.54, 1.807) is 0 Å². The van der Waals surface area contributed by atoms with Gasteiger partial charge >= 0.3 is 0 Å². The second-order valence-corrected chi connectivity index (χ2v) is 7.77. The maximum Gasteiger partial charge on any atom is 0.259 e. The molecule has 0 aromatic carbocycles. The molecule has 1 aliphatic carbocycles. The third-order valence-electron chi connectivity index (χ3n) is 4.02. The quantitative estimate of drug-likeness (QED) is 0.785. The van der Waals surface area contributed by atoms with E-state index in [9.17, 15) is 18.3 Å². The summed E-state index contributed by atoms with van der Waals surface area (Å²) in [7, 11) is -3.52. The Bertz CT molecular complexity index is 429. The number of carbonyl (C=O) groups excluding carboxylic acids is 1. The van der Waals surface area contributed by atoms with E-state index >= 15 is 0 Å². The number of aliphatic hydroxyl groups is 1. The van der Waals surface area contributed by atoms with Crippen molar-refractivity contribution >= 4 is 15.9 Å². The van der Waals surface area contributed by atoms with Crippen molar-refractivity contribution in [1.82, 2.24) is 4.31 Å². The Morgan fingerprint density at radius 1 is 1.35 bits per heavy atom. The lowest BCUT2D eigenvalue weighted by molar-refractivity contribution is -0.135. The molecular weight excluding hydrogens is 242 g/mol. The minimum Gasteiger partial charge on any atom is -0.396 e. The Balaban J connectivity index is 2.27. The fourth-order valence-corrected chi connectivity index (χ4v) is 4.49. The number of carbonyl (C=O) groups is 1. The van der Waals surface area contributed by atoms with Crippen molar-refractivity contribution < 1.29 is 18.3 Å². The molecule has 2 unspecified atom stereocenters. The van der Waals surface area contributed by atoms with E-state index in [0.717, 1.165) is 23.6 Å². The van der Waals surface area contributed by atoms with Crippen LogP contribution >= 0.6 is 0 Å². The van der Waals surface area contributed by atoms with Crippen LogP contribution in [-0.4, -0.2) is 41.1 Å². The van der Waals surface area contributed by atoms with Gasteiger partial charge in [0.05, 0.1) is 6.04 Å². The molecule has 6 heteroatoms. The van der Waals surface area contributed by atoms with Crippen LogP contribution in [0.1, 0.15) is 39.5 Å². The Morgan fingerprint density at radius 3 is 2.47 bits per heavy atom. The van der Waals surface area contributed by atoms with Gasteiger partial charge in [-0.3, -0.25) is 4.79 Å². The summed E-state index contributed by atoms with van der Waals surface area (Å²) >= 11 is 0. The lowest BCUT2D eigenvalue weighted by atomic mass is 9.84. The van der Waals surface area contributed by atoms with Crippen molar-refractivity contribution in [3.63, 3.8) is 0 Å². The van der Waals surface area contributed by atoms with Gasteiger partial charge in [-0.25, -0.2) is 12.7 Å². The predicted molar refractivity (Wildman–Crippen MR) is 62.7 cm³/mol. The topological polar surface area (TPSA) is 74.7 Å². The first-order valence-corrected chi connectivity index (χ1v) is 7.47. The van der Waals surface area contributed by atoms with Crippen LogP contribution in [0.3, 0.4) is 0 Å². The molecule has 2 aliphatic rings. The molecule has 1 aliphatic heterocycles. The van der Waals surface area contributed by atoms with Crippen LogP contribution in [0.2, 0.25) is 0 Å². The first-order valence-electron chi connectivity index (χ1n) is 6.03. The maximum atomic E-state index is 12.1. The summed E-state index contributed by atoms with van der Waals surface area (Å²) in [6.45, 7) is 2.83. The summed E-state index contributed by atoms with van der Waals surface area (Å²) in [6.07, 6.45) is 3.38. The van der Waals surface area contributed by atoms with E-state index in [1.165, 1.54) is 13.8 Å². The third kappa shape index (κ3) is 1.61. The fraction of sp³-hybridized carbons (Fsp3) is 0.909. The number of nitrogens with zero attached hydrogens (tertiary/aromatic N) is 1. The average molecular weight is 261 g/mol. The first kappa shape index (κ1) is 12.8. The normalized spacial score (nSPS) is 35.5. The fourth-order valence-electron chi connectivity index (χ4n) is 2.73. The van der Waals surface area contributed by atoms with Crippen molar-refractivity contribution in [3.8, 4) is 0 Å². The summed E-state index contributed by atoms with van der Waals surface area (Å²) in [4.78, 5) is 11.9. The number of rotatable bonds is 2. The molecule has 1 N–H and O–H groups in total. The van der Waals surface area contributed by atoms with Gasteiger partial charge in [-0.1, -0.05) is 12.8 Å². The number of sulfonamides is 1. The molecule has 1 saturated heterocycles. The second kappa shape index (κ2) is 3.95. The van der Waals surface area contributed by atoms with Gasteiger partial charge < -0.3 is 5.11 Å². The van der Waals surface area contributed by atoms with E-state index in [4.69, 9.17) is 0 Å². The van der Waals surface area contributed by atoms with Crippen molar-refractivity contribution in [2.45, 2.75) is 50.3 Å². The molecule has 2 fully saturated rings. The molecule has 17 heavy (non-hydrogen) atoms. The van der Waals surface area contributed by atoms with Gasteiger partial charge in [0.2, 0.25) is 0 Å². The van der Waals surface area contributed by atoms with Crippen molar-refractivity contribution in [2.75, 3.05) is 6.61 Å². The van der Waals surface area contributed by atoms with Crippen LogP contribution in [0.25, 0.3) is 0 Å². The Labute approximate surface area is 102 Å². The SMILES string of the molecule is CC1(C)C(=O)N(C2CCCCC2CO)S1(=O)=O. The van der Waals surface area contributed by atoms with Gasteiger partial charge in [0.1, 0.15) is 0 Å². The minimum absolute atomic E-state index is 0.0512. The first-order chi connectivity index (χ1) is 7.84. The van der Waals surface area contributed by atoms with Gasteiger partial charge in [0.25, 0.3) is 15.9 Å². The maximum absolute atomic E-state index is 12.1. The molecule has 1 amide bonds. The molecule has 0 aromatic rings. The van der Waals surface area contributed by atoms with Crippen LogP contribution < -0.4 is 0 Å². The summed E-state index contributed by atoms with van der Waals surface area (Å²) in [5, 5.41) is 9.28. The Morgan fingerprint density at radius 2 is 1.94 bits per heavy atom. The van der Waals surface area contributed by atoms with Crippen molar-refractivity contribution in [2.24, 2.45) is 5.92 Å². The molecule has 1 saturated carbocycles. The molecule has 98 valence electrons. The van der Waals surface area contributed by atoms with Crippen molar-refractivity contribution in [1.29, 1.82) is 0 Å². The lowest BCUT2D eigenvalue weighted by Gasteiger charge is -2.50. The molecule has 5 nitrogen and oxygen atoms in total. The molecule has 0 aromatic heterocycles. The largest absolute Gasteiger partial charge is 0.396 e. The number of amides is 1. The summed E-state index contributed by atoms with van der Waals surface area (Å²) in [6, 6.07) is -0.334. The molecular formula is C11H19NO4S. The average Bonchev–Trinajstić information content (AvgIpc) is 2.29. The number of hydrogen-bond donors (Lipinski definition) is 1. The van der Waals surface area contributed by atoms with E-state index in [0.29, 0.717) is 6.42 Å². The number of hydrogen-bond acceptors (Lipinski definition) is 4. The van der Waals surface area contributed by atoms with Gasteiger partial charge in [-0.2, -0.15) is 0 Å². The summed E-state index contributed by atoms with van der Waals surface area (Å²) < 4.78 is 23.9. The molecule has 2 atom stereocenters. The standard InChI is InChI=1S/C11H19NO4S/c1-11(2)10(14)12(17(11,15)16)9-6-4-3-5-8(9)7-13/h8-9,13H,3-7H2,1-2H3. The van der Waals surface area contributed by atoms with Crippen LogP contribution in [0.4, 0.5) is 0 Å². The summed E-state index contributed by atoms with van der Waals surface area (Å²) in [5.41, 5.74) is 0. The van der Waals surface area contributed by atoms with Gasteiger partial charge in [-0.05, 0) is 26.7 Å². The van der Waals surface area contributed by atoms with Crippen molar-refractivity contribution in [3.05, 3.63) is 0 Å². The van der Waals surface area contributed by atoms with Crippen LogP contribution in [0, 0.1) is 5.92 Å². The monoisotopic (exact) mass is 261 g/mol. The smallest absolute Gasteiger partial charge is 0.259 e. The highest BCUT2D eigenvalue weighted by Crippen LogP contribution is 2.41. The highest BCUT2D eigenvalue weighted by Gasteiger charge is 2.62. The second-order valence-electron chi connectivity index (χ2n) is 5.41.